The molecule has 1 heterocycles. The smallest absolute Gasteiger partial charge is 0.234 e. The fourth-order valence-electron chi connectivity index (χ4n) is 1.19. The van der Waals surface area contributed by atoms with Crippen molar-refractivity contribution in [3.8, 4) is 0 Å². The van der Waals surface area contributed by atoms with E-state index in [9.17, 15) is 4.79 Å². The lowest BCUT2D eigenvalue weighted by molar-refractivity contribution is -0.125. The van der Waals surface area contributed by atoms with Gasteiger partial charge in [-0.05, 0) is 14.1 Å². The van der Waals surface area contributed by atoms with Crippen LogP contribution in [0.4, 0.5) is 0 Å². The molecular weight excluding hydrogens is 218 g/mol. The molecule has 5 heteroatoms. The van der Waals surface area contributed by atoms with E-state index in [1.165, 1.54) is 0 Å². The van der Waals surface area contributed by atoms with E-state index in [0.29, 0.717) is 11.7 Å². The Morgan fingerprint density at radius 3 is 2.53 bits per heavy atom. The zero-order chi connectivity index (χ0) is 13.1. The van der Waals surface area contributed by atoms with Crippen LogP contribution in [0.1, 0.15) is 32.5 Å². The topological polar surface area (TPSA) is 59.2 Å². The fourth-order valence-corrected chi connectivity index (χ4v) is 1.19. The molecule has 0 fully saturated rings. The molecule has 1 rings (SSSR count). The minimum atomic E-state index is -0.363. The number of nitrogens with zero attached hydrogens (tertiary/aromatic N) is 3. The quantitative estimate of drug-likeness (QED) is 0.776. The summed E-state index contributed by atoms with van der Waals surface area (Å²) in [6.07, 6.45) is 0.957. The summed E-state index contributed by atoms with van der Waals surface area (Å²) in [5.41, 5.74) is -0.363. The first kappa shape index (κ1) is 13.8. The maximum Gasteiger partial charge on any atom is 0.234 e. The van der Waals surface area contributed by atoms with Crippen molar-refractivity contribution in [3.05, 3.63) is 11.7 Å². The molecule has 0 N–H and O–H groups in total. The number of ketones is 1. The third-order valence-corrected chi connectivity index (χ3v) is 2.44. The Morgan fingerprint density at radius 2 is 2.00 bits per heavy atom. The van der Waals surface area contributed by atoms with Crippen molar-refractivity contribution in [2.75, 3.05) is 20.6 Å². The summed E-state index contributed by atoms with van der Waals surface area (Å²) in [5.74, 6) is 1.19. The number of aromatic nitrogens is 2. The highest BCUT2D eigenvalue weighted by atomic mass is 16.5. The monoisotopic (exact) mass is 239 g/mol. The second kappa shape index (κ2) is 5.40. The van der Waals surface area contributed by atoms with Crippen LogP contribution in [0.3, 0.4) is 0 Å². The number of hydrogen-bond acceptors (Lipinski definition) is 5. The highest BCUT2D eigenvalue weighted by Crippen LogP contribution is 2.17. The van der Waals surface area contributed by atoms with Crippen molar-refractivity contribution < 1.29 is 9.32 Å². The Labute approximate surface area is 102 Å². The first-order chi connectivity index (χ1) is 7.79. The summed E-state index contributed by atoms with van der Waals surface area (Å²) in [7, 11) is 3.98. The fraction of sp³-hybridized carbons (Fsp3) is 0.750. The van der Waals surface area contributed by atoms with E-state index in [1.807, 2.05) is 34.9 Å². The summed E-state index contributed by atoms with van der Waals surface area (Å²) in [6, 6.07) is 0. The van der Waals surface area contributed by atoms with Crippen LogP contribution in [0.25, 0.3) is 0 Å². The Bertz CT molecular complexity index is 377. The van der Waals surface area contributed by atoms with Crippen LogP contribution >= 0.6 is 0 Å². The maximum atomic E-state index is 11.8. The Kier molecular flexibility index (Phi) is 4.40. The molecule has 0 aromatic carbocycles. The Balaban J connectivity index is 2.54. The molecule has 1 aromatic rings. The van der Waals surface area contributed by atoms with E-state index in [-0.39, 0.29) is 17.6 Å². The standard InChI is InChI=1S/C12H21N3O2/c1-12(2,3)9(16)8-11-13-10(14-17-11)6-7-15(4)5/h6-8H2,1-5H3. The van der Waals surface area contributed by atoms with Crippen LogP contribution in [-0.4, -0.2) is 41.5 Å². The summed E-state index contributed by atoms with van der Waals surface area (Å²) < 4.78 is 5.06. The number of Topliss-reactive ketones (excluding diaryl/α,β-unsaturated/α-hetero) is 1. The highest BCUT2D eigenvalue weighted by Gasteiger charge is 2.23. The van der Waals surface area contributed by atoms with Crippen LogP contribution < -0.4 is 0 Å². The Morgan fingerprint density at radius 1 is 1.35 bits per heavy atom. The van der Waals surface area contributed by atoms with E-state index in [1.54, 1.807) is 0 Å². The summed E-state index contributed by atoms with van der Waals surface area (Å²) >= 11 is 0. The number of likely N-dealkylation sites (N-methyl/N-ethyl adjacent to an activating group) is 1. The van der Waals surface area contributed by atoms with Crippen molar-refractivity contribution in [2.24, 2.45) is 5.41 Å². The molecule has 17 heavy (non-hydrogen) atoms. The van der Waals surface area contributed by atoms with Crippen LogP contribution in [0.5, 0.6) is 0 Å². The second-order valence-electron chi connectivity index (χ2n) is 5.51. The van der Waals surface area contributed by atoms with Gasteiger partial charge in [-0.15, -0.1) is 0 Å². The van der Waals surface area contributed by atoms with Gasteiger partial charge in [0.05, 0.1) is 6.42 Å². The van der Waals surface area contributed by atoms with Crippen molar-refractivity contribution in [1.29, 1.82) is 0 Å². The lowest BCUT2D eigenvalue weighted by Crippen LogP contribution is -2.22. The number of rotatable bonds is 5. The van der Waals surface area contributed by atoms with Crippen LogP contribution in [0, 0.1) is 5.41 Å². The lowest BCUT2D eigenvalue weighted by Gasteiger charge is -2.14. The lowest BCUT2D eigenvalue weighted by atomic mass is 9.89. The first-order valence-electron chi connectivity index (χ1n) is 5.78. The number of hydrogen-bond donors (Lipinski definition) is 0. The molecule has 0 spiro atoms. The maximum absolute atomic E-state index is 11.8. The van der Waals surface area contributed by atoms with Crippen molar-refractivity contribution in [1.82, 2.24) is 15.0 Å². The van der Waals surface area contributed by atoms with E-state index in [4.69, 9.17) is 4.52 Å². The van der Waals surface area contributed by atoms with Gasteiger partial charge in [-0.1, -0.05) is 25.9 Å². The number of carbonyl (C=O) groups excluding carboxylic acids is 1. The van der Waals surface area contributed by atoms with Gasteiger partial charge < -0.3 is 9.42 Å². The van der Waals surface area contributed by atoms with E-state index in [2.05, 4.69) is 15.0 Å². The molecule has 1 aromatic heterocycles. The van der Waals surface area contributed by atoms with E-state index < -0.39 is 0 Å². The van der Waals surface area contributed by atoms with Gasteiger partial charge in [-0.3, -0.25) is 4.79 Å². The Hall–Kier alpha value is -1.23. The molecule has 0 aliphatic heterocycles. The SMILES string of the molecule is CN(C)CCc1noc(CC(=O)C(C)(C)C)n1. The molecule has 0 saturated carbocycles. The molecule has 0 bridgehead atoms. The molecule has 0 saturated heterocycles. The third kappa shape index (κ3) is 4.65. The minimum Gasteiger partial charge on any atom is -0.339 e. The molecule has 0 radical (unpaired) electrons. The molecule has 96 valence electrons. The van der Waals surface area contributed by atoms with Crippen molar-refractivity contribution >= 4 is 5.78 Å². The van der Waals surface area contributed by atoms with Crippen LogP contribution in [0.2, 0.25) is 0 Å². The van der Waals surface area contributed by atoms with Gasteiger partial charge in [0.2, 0.25) is 5.89 Å². The number of carbonyl (C=O) groups is 1. The largest absolute Gasteiger partial charge is 0.339 e. The van der Waals surface area contributed by atoms with Gasteiger partial charge in [0.25, 0.3) is 0 Å². The zero-order valence-corrected chi connectivity index (χ0v) is 11.3. The molecule has 0 amide bonds. The molecule has 0 atom stereocenters. The highest BCUT2D eigenvalue weighted by molar-refractivity contribution is 5.84. The molecule has 0 aliphatic carbocycles. The van der Waals surface area contributed by atoms with Gasteiger partial charge >= 0.3 is 0 Å². The predicted octanol–water partition coefficient (Wildman–Crippen LogP) is 1.33. The molecule has 0 unspecified atom stereocenters. The van der Waals surface area contributed by atoms with E-state index in [0.717, 1.165) is 13.0 Å². The molecular formula is C12H21N3O2. The third-order valence-electron chi connectivity index (χ3n) is 2.44. The minimum absolute atomic E-state index is 0.111. The van der Waals surface area contributed by atoms with Gasteiger partial charge in [0.15, 0.2) is 5.82 Å². The summed E-state index contributed by atoms with van der Waals surface area (Å²) in [5, 5.41) is 3.86. The molecule has 0 aliphatic rings. The van der Waals surface area contributed by atoms with E-state index >= 15 is 0 Å². The van der Waals surface area contributed by atoms with Crippen LogP contribution in [-0.2, 0) is 17.6 Å². The van der Waals surface area contributed by atoms with Crippen LogP contribution in [0.15, 0.2) is 4.52 Å². The van der Waals surface area contributed by atoms with Gasteiger partial charge in [0, 0.05) is 18.4 Å². The van der Waals surface area contributed by atoms with Gasteiger partial charge in [0.1, 0.15) is 5.78 Å². The van der Waals surface area contributed by atoms with Gasteiger partial charge in [-0.25, -0.2) is 0 Å². The van der Waals surface area contributed by atoms with Crippen molar-refractivity contribution in [3.63, 3.8) is 0 Å². The first-order valence-corrected chi connectivity index (χ1v) is 5.78. The summed E-state index contributed by atoms with van der Waals surface area (Å²) in [6.45, 7) is 6.53. The van der Waals surface area contributed by atoms with Crippen molar-refractivity contribution in [2.45, 2.75) is 33.6 Å². The normalized spacial score (nSPS) is 12.1. The average Bonchev–Trinajstić information content (AvgIpc) is 2.61. The zero-order valence-electron chi connectivity index (χ0n) is 11.3. The van der Waals surface area contributed by atoms with Gasteiger partial charge in [-0.2, -0.15) is 4.98 Å². The second-order valence-corrected chi connectivity index (χ2v) is 5.51. The molecule has 5 nitrogen and oxygen atoms in total. The predicted molar refractivity (Wildman–Crippen MR) is 64.7 cm³/mol. The average molecular weight is 239 g/mol. The summed E-state index contributed by atoms with van der Waals surface area (Å²) in [4.78, 5) is 18.0.